The van der Waals surface area contributed by atoms with E-state index < -0.39 is 17.6 Å². The average Bonchev–Trinajstić information content (AvgIpc) is 3.44. The van der Waals surface area contributed by atoms with Crippen molar-refractivity contribution in [1.82, 2.24) is 29.7 Å². The van der Waals surface area contributed by atoms with Crippen LogP contribution in [0.3, 0.4) is 0 Å². The molecule has 1 amide bonds. The molecule has 2 aromatic heterocycles. The van der Waals surface area contributed by atoms with Gasteiger partial charge in [-0.15, -0.1) is 0 Å². The van der Waals surface area contributed by atoms with E-state index in [9.17, 15) is 18.0 Å². The fraction of sp³-hybridized carbons (Fsp3) is 0.300. The predicted octanol–water partition coefficient (Wildman–Crippen LogP) is 5.39. The molecule has 5 rings (SSSR count). The van der Waals surface area contributed by atoms with Gasteiger partial charge in [-0.25, -0.2) is 19.9 Å². The van der Waals surface area contributed by atoms with Crippen LogP contribution in [0.4, 0.5) is 30.5 Å². The lowest BCUT2D eigenvalue weighted by molar-refractivity contribution is -0.138. The number of aromatic nitrogens is 4. The highest BCUT2D eigenvalue weighted by atomic mass is 19.4. The number of amides is 1. The summed E-state index contributed by atoms with van der Waals surface area (Å²) in [7, 11) is 3.92. The SMILES string of the molecule is Cc1ccc(NC(=O)c2cccc(C(F)(F)F)c2CN2CC[C@H](N(C)C)C2)cc1Nc1nccc(-c2cncnc2)n1. The normalized spacial score (nSPS) is 15.6. The molecular formula is C30H31F3N8O. The Kier molecular flexibility index (Phi) is 8.46. The Labute approximate surface area is 241 Å². The van der Waals surface area contributed by atoms with E-state index in [1.54, 1.807) is 42.9 Å². The van der Waals surface area contributed by atoms with Crippen LogP contribution < -0.4 is 10.6 Å². The Bertz CT molecular complexity index is 1560. The maximum absolute atomic E-state index is 14.1. The van der Waals surface area contributed by atoms with Gasteiger partial charge in [0, 0.05) is 66.8 Å². The molecule has 3 heterocycles. The number of hydrogen-bond donors (Lipinski definition) is 2. The van der Waals surface area contributed by atoms with Crippen molar-refractivity contribution in [3.63, 3.8) is 0 Å². The van der Waals surface area contributed by atoms with Crippen molar-refractivity contribution in [3.8, 4) is 11.3 Å². The van der Waals surface area contributed by atoms with Gasteiger partial charge in [0.2, 0.25) is 5.95 Å². The maximum Gasteiger partial charge on any atom is 0.416 e. The summed E-state index contributed by atoms with van der Waals surface area (Å²) in [5, 5.41) is 5.95. The average molecular weight is 577 g/mol. The quantitative estimate of drug-likeness (QED) is 0.288. The minimum absolute atomic E-state index is 0.00525. The Balaban J connectivity index is 1.38. The summed E-state index contributed by atoms with van der Waals surface area (Å²) in [5.41, 5.74) is 2.43. The highest BCUT2D eigenvalue weighted by molar-refractivity contribution is 6.05. The molecule has 12 heteroatoms. The minimum Gasteiger partial charge on any atom is -0.324 e. The summed E-state index contributed by atoms with van der Waals surface area (Å²) < 4.78 is 42.2. The molecule has 0 bridgehead atoms. The Morgan fingerprint density at radius 1 is 1.12 bits per heavy atom. The van der Waals surface area contributed by atoms with Gasteiger partial charge in [0.15, 0.2) is 0 Å². The molecule has 1 aliphatic heterocycles. The van der Waals surface area contributed by atoms with E-state index in [0.29, 0.717) is 36.1 Å². The molecule has 4 aromatic rings. The zero-order valence-electron chi connectivity index (χ0n) is 23.5. The number of likely N-dealkylation sites (N-methyl/N-ethyl adjacent to an activating group) is 1. The number of likely N-dealkylation sites (tertiary alicyclic amines) is 1. The van der Waals surface area contributed by atoms with E-state index in [0.717, 1.165) is 23.6 Å². The number of nitrogens with zero attached hydrogens (tertiary/aromatic N) is 6. The summed E-state index contributed by atoms with van der Waals surface area (Å²) in [4.78, 5) is 34.3. The zero-order valence-corrected chi connectivity index (χ0v) is 23.5. The van der Waals surface area contributed by atoms with Crippen molar-refractivity contribution in [2.24, 2.45) is 0 Å². The molecule has 1 saturated heterocycles. The van der Waals surface area contributed by atoms with E-state index in [1.165, 1.54) is 18.5 Å². The molecule has 0 aliphatic carbocycles. The van der Waals surface area contributed by atoms with Gasteiger partial charge in [-0.2, -0.15) is 13.2 Å². The monoisotopic (exact) mass is 576 g/mol. The van der Waals surface area contributed by atoms with Crippen LogP contribution in [0.15, 0.2) is 67.4 Å². The minimum atomic E-state index is -4.59. The molecule has 0 saturated carbocycles. The van der Waals surface area contributed by atoms with Gasteiger partial charge in [0.1, 0.15) is 6.33 Å². The number of halogens is 3. The predicted molar refractivity (Wildman–Crippen MR) is 154 cm³/mol. The molecule has 0 radical (unpaired) electrons. The molecule has 2 aromatic carbocycles. The smallest absolute Gasteiger partial charge is 0.324 e. The first-order chi connectivity index (χ1) is 20.1. The number of hydrogen-bond acceptors (Lipinski definition) is 8. The van der Waals surface area contributed by atoms with Crippen molar-refractivity contribution in [1.29, 1.82) is 0 Å². The highest BCUT2D eigenvalue weighted by Crippen LogP contribution is 2.35. The van der Waals surface area contributed by atoms with Crippen molar-refractivity contribution in [2.45, 2.75) is 32.1 Å². The lowest BCUT2D eigenvalue weighted by Crippen LogP contribution is -2.32. The first-order valence-corrected chi connectivity index (χ1v) is 13.4. The molecule has 9 nitrogen and oxygen atoms in total. The van der Waals surface area contributed by atoms with Crippen LogP contribution in [0.1, 0.15) is 33.5 Å². The molecule has 42 heavy (non-hydrogen) atoms. The second-order valence-corrected chi connectivity index (χ2v) is 10.5. The number of benzene rings is 2. The maximum atomic E-state index is 14.1. The standard InChI is InChI=1S/C30H31F3N8O/c1-19-7-8-21(13-27(19)39-29-36-11-9-26(38-29)20-14-34-18-35-15-20)37-28(42)23-5-4-6-25(30(31,32)33)24(23)17-41-12-10-22(16-41)40(2)3/h4-9,11,13-15,18,22H,10,12,16-17H2,1-3H3,(H,37,42)(H,36,38,39)/t22-/m0/s1. The zero-order chi connectivity index (χ0) is 29.9. The summed E-state index contributed by atoms with van der Waals surface area (Å²) in [6.07, 6.45) is 2.60. The van der Waals surface area contributed by atoms with Crippen LogP contribution in [0.2, 0.25) is 0 Å². The van der Waals surface area contributed by atoms with Crippen molar-refractivity contribution in [2.75, 3.05) is 37.8 Å². The second kappa shape index (κ2) is 12.2. The summed E-state index contributed by atoms with van der Waals surface area (Å²) in [6.45, 7) is 3.20. The van der Waals surface area contributed by atoms with Gasteiger partial charge in [0.25, 0.3) is 5.91 Å². The van der Waals surface area contributed by atoms with Crippen molar-refractivity contribution < 1.29 is 18.0 Å². The fourth-order valence-electron chi connectivity index (χ4n) is 5.00. The van der Waals surface area contributed by atoms with E-state index in [4.69, 9.17) is 0 Å². The molecule has 0 unspecified atom stereocenters. The topological polar surface area (TPSA) is 99.2 Å². The van der Waals surface area contributed by atoms with E-state index in [1.807, 2.05) is 25.9 Å². The van der Waals surface area contributed by atoms with E-state index >= 15 is 0 Å². The second-order valence-electron chi connectivity index (χ2n) is 10.5. The largest absolute Gasteiger partial charge is 0.416 e. The third kappa shape index (κ3) is 6.72. The van der Waals surface area contributed by atoms with Crippen LogP contribution in [0.5, 0.6) is 0 Å². The van der Waals surface area contributed by atoms with Crippen molar-refractivity contribution >= 4 is 23.2 Å². The van der Waals surface area contributed by atoms with Crippen LogP contribution in [-0.4, -0.2) is 68.9 Å². The molecular weight excluding hydrogens is 545 g/mol. The van der Waals surface area contributed by atoms with Gasteiger partial charge in [0.05, 0.1) is 11.3 Å². The van der Waals surface area contributed by atoms with Gasteiger partial charge < -0.3 is 15.5 Å². The third-order valence-corrected chi connectivity index (χ3v) is 7.34. The number of nitrogens with one attached hydrogen (secondary N) is 2. The first-order valence-electron chi connectivity index (χ1n) is 13.4. The number of carbonyl (C=O) groups is 1. The van der Waals surface area contributed by atoms with E-state index in [2.05, 4.69) is 35.5 Å². The highest BCUT2D eigenvalue weighted by Gasteiger charge is 2.36. The number of anilines is 3. The van der Waals surface area contributed by atoms with Gasteiger partial charge in [-0.1, -0.05) is 12.1 Å². The molecule has 1 atom stereocenters. The third-order valence-electron chi connectivity index (χ3n) is 7.34. The van der Waals surface area contributed by atoms with Crippen LogP contribution >= 0.6 is 0 Å². The van der Waals surface area contributed by atoms with Gasteiger partial charge in [-0.3, -0.25) is 9.69 Å². The summed E-state index contributed by atoms with van der Waals surface area (Å²) in [6, 6.07) is 10.9. The van der Waals surface area contributed by atoms with Crippen LogP contribution in [0.25, 0.3) is 11.3 Å². The summed E-state index contributed by atoms with van der Waals surface area (Å²) >= 11 is 0. The Morgan fingerprint density at radius 3 is 2.62 bits per heavy atom. The Hall–Kier alpha value is -4.42. The lowest BCUT2D eigenvalue weighted by atomic mass is 9.99. The van der Waals surface area contributed by atoms with Crippen LogP contribution in [0, 0.1) is 6.92 Å². The van der Waals surface area contributed by atoms with Crippen LogP contribution in [-0.2, 0) is 12.7 Å². The number of carbonyl (C=O) groups excluding carboxylic acids is 1. The fourth-order valence-corrected chi connectivity index (χ4v) is 5.00. The summed E-state index contributed by atoms with van der Waals surface area (Å²) in [5.74, 6) is -0.290. The molecule has 1 aliphatic rings. The molecule has 218 valence electrons. The molecule has 2 N–H and O–H groups in total. The number of aryl methyl sites for hydroxylation is 1. The van der Waals surface area contributed by atoms with Crippen molar-refractivity contribution in [3.05, 3.63) is 89.6 Å². The van der Waals surface area contributed by atoms with Gasteiger partial charge in [-0.05, 0) is 68.9 Å². The Morgan fingerprint density at radius 2 is 1.90 bits per heavy atom. The lowest BCUT2D eigenvalue weighted by Gasteiger charge is -2.23. The molecule has 0 spiro atoms. The van der Waals surface area contributed by atoms with E-state index in [-0.39, 0.29) is 23.7 Å². The number of alkyl halides is 3. The number of rotatable bonds is 8. The van der Waals surface area contributed by atoms with Gasteiger partial charge >= 0.3 is 6.18 Å². The molecule has 1 fully saturated rings. The first kappa shape index (κ1) is 29.1.